The van der Waals surface area contributed by atoms with Crippen molar-refractivity contribution in [2.75, 3.05) is 13.7 Å². The number of carbonyl (C=O) groups is 2. The summed E-state index contributed by atoms with van der Waals surface area (Å²) in [5.41, 5.74) is 3.19. The molecule has 34 heavy (non-hydrogen) atoms. The Balaban J connectivity index is 1.82. The molecule has 2 aromatic rings. The fourth-order valence-corrected chi connectivity index (χ4v) is 3.75. The average molecular weight is 469 g/mol. The molecule has 6 nitrogen and oxygen atoms in total. The van der Waals surface area contributed by atoms with Gasteiger partial charge in [-0.1, -0.05) is 42.8 Å². The summed E-state index contributed by atoms with van der Waals surface area (Å²) >= 11 is 0. The van der Waals surface area contributed by atoms with Gasteiger partial charge < -0.3 is 19.7 Å². The zero-order valence-corrected chi connectivity index (χ0v) is 20.0. The lowest BCUT2D eigenvalue weighted by molar-refractivity contribution is -0.138. The van der Waals surface area contributed by atoms with E-state index in [1.807, 2.05) is 42.5 Å². The predicted molar refractivity (Wildman–Crippen MR) is 134 cm³/mol. The minimum absolute atomic E-state index is 0.0581. The van der Waals surface area contributed by atoms with Gasteiger partial charge >= 0.3 is 11.9 Å². The standard InChI is InChI=1S/C28H36O6/c1-33-24-17-15-22(16-18-24)10-5-2-3-8-21-34-26-13-9-12-23(25(26)19-20-28(31)32)11-6-4-7-14-27(29)30/h5,9-10,12-13,15-18H,2-4,6-8,11,14,19-21H2,1H3,(H,29,30)(H,31,32). The Morgan fingerprint density at radius 3 is 2.32 bits per heavy atom. The first-order valence-corrected chi connectivity index (χ1v) is 12.0. The summed E-state index contributed by atoms with van der Waals surface area (Å²) in [5.74, 6) is 0.0111. The number of aryl methyl sites for hydroxylation is 1. The van der Waals surface area contributed by atoms with E-state index in [4.69, 9.17) is 19.7 Å². The first-order chi connectivity index (χ1) is 16.5. The van der Waals surface area contributed by atoms with Crippen molar-refractivity contribution in [1.29, 1.82) is 0 Å². The minimum atomic E-state index is -0.828. The number of allylic oxidation sites excluding steroid dienone is 1. The number of benzene rings is 2. The maximum atomic E-state index is 11.1. The molecule has 2 rings (SSSR count). The van der Waals surface area contributed by atoms with Crippen LogP contribution < -0.4 is 9.47 Å². The van der Waals surface area contributed by atoms with Gasteiger partial charge in [-0.05, 0) is 79.8 Å². The molecule has 0 bridgehead atoms. The molecule has 0 atom stereocenters. The van der Waals surface area contributed by atoms with Gasteiger partial charge in [0.2, 0.25) is 0 Å². The summed E-state index contributed by atoms with van der Waals surface area (Å²) in [6.45, 7) is 0.582. The molecule has 0 amide bonds. The van der Waals surface area contributed by atoms with Gasteiger partial charge in [-0.15, -0.1) is 0 Å². The zero-order valence-electron chi connectivity index (χ0n) is 20.0. The fourth-order valence-electron chi connectivity index (χ4n) is 3.75. The predicted octanol–water partition coefficient (Wildman–Crippen LogP) is 6.16. The monoisotopic (exact) mass is 468 g/mol. The molecule has 0 saturated carbocycles. The van der Waals surface area contributed by atoms with Crippen molar-refractivity contribution in [3.05, 3.63) is 65.2 Å². The fraction of sp³-hybridized carbons (Fsp3) is 0.429. The molecular weight excluding hydrogens is 432 g/mol. The summed E-state index contributed by atoms with van der Waals surface area (Å²) < 4.78 is 11.2. The number of methoxy groups -OCH3 is 1. The SMILES string of the molecule is COc1ccc(C=CCCCCOc2cccc(CCCCCC(=O)O)c2CCC(=O)O)cc1. The molecule has 0 spiro atoms. The molecule has 6 heteroatoms. The summed E-state index contributed by atoms with van der Waals surface area (Å²) in [5, 5.41) is 17.9. The Bertz CT molecular complexity index is 917. The molecule has 0 unspecified atom stereocenters. The number of aliphatic carboxylic acids is 2. The van der Waals surface area contributed by atoms with Crippen LogP contribution in [0, 0.1) is 0 Å². The second-order valence-corrected chi connectivity index (χ2v) is 8.26. The van der Waals surface area contributed by atoms with E-state index < -0.39 is 11.9 Å². The highest BCUT2D eigenvalue weighted by molar-refractivity contribution is 5.67. The van der Waals surface area contributed by atoms with Crippen LogP contribution in [-0.4, -0.2) is 35.9 Å². The van der Waals surface area contributed by atoms with E-state index >= 15 is 0 Å². The van der Waals surface area contributed by atoms with E-state index in [9.17, 15) is 9.59 Å². The van der Waals surface area contributed by atoms with Crippen LogP contribution in [-0.2, 0) is 22.4 Å². The highest BCUT2D eigenvalue weighted by atomic mass is 16.5. The van der Waals surface area contributed by atoms with E-state index in [1.165, 1.54) is 0 Å². The van der Waals surface area contributed by atoms with Crippen LogP contribution in [0.4, 0.5) is 0 Å². The average Bonchev–Trinajstić information content (AvgIpc) is 2.82. The minimum Gasteiger partial charge on any atom is -0.497 e. The maximum Gasteiger partial charge on any atom is 0.303 e. The van der Waals surface area contributed by atoms with Gasteiger partial charge in [0, 0.05) is 12.8 Å². The van der Waals surface area contributed by atoms with Gasteiger partial charge in [-0.25, -0.2) is 0 Å². The normalized spacial score (nSPS) is 11.0. The van der Waals surface area contributed by atoms with E-state index in [-0.39, 0.29) is 12.8 Å². The molecular formula is C28H36O6. The second-order valence-electron chi connectivity index (χ2n) is 8.26. The van der Waals surface area contributed by atoms with Crippen molar-refractivity contribution >= 4 is 18.0 Å². The van der Waals surface area contributed by atoms with Gasteiger partial charge in [0.15, 0.2) is 0 Å². The molecule has 0 aliphatic carbocycles. The summed E-state index contributed by atoms with van der Waals surface area (Å²) in [7, 11) is 1.66. The molecule has 0 aliphatic rings. The summed E-state index contributed by atoms with van der Waals surface area (Å²) in [6.07, 6.45) is 11.0. The van der Waals surface area contributed by atoms with Crippen LogP contribution in [0.2, 0.25) is 0 Å². The van der Waals surface area contributed by atoms with E-state index in [0.29, 0.717) is 19.4 Å². The Labute approximate surface area is 202 Å². The lowest BCUT2D eigenvalue weighted by Gasteiger charge is -2.15. The molecule has 2 aromatic carbocycles. The van der Waals surface area contributed by atoms with Gasteiger partial charge in [-0.3, -0.25) is 9.59 Å². The highest BCUT2D eigenvalue weighted by Gasteiger charge is 2.12. The highest BCUT2D eigenvalue weighted by Crippen LogP contribution is 2.26. The molecule has 0 radical (unpaired) electrons. The molecule has 0 aromatic heterocycles. The largest absolute Gasteiger partial charge is 0.497 e. The first kappa shape index (κ1) is 27.0. The Kier molecular flexibility index (Phi) is 12.3. The number of carboxylic acids is 2. The van der Waals surface area contributed by atoms with Gasteiger partial charge in [0.25, 0.3) is 0 Å². The van der Waals surface area contributed by atoms with Crippen LogP contribution in [0.25, 0.3) is 6.08 Å². The van der Waals surface area contributed by atoms with Crippen LogP contribution in [0.3, 0.4) is 0 Å². The Hall–Kier alpha value is -3.28. The van der Waals surface area contributed by atoms with Crippen LogP contribution in [0.5, 0.6) is 11.5 Å². The lowest BCUT2D eigenvalue weighted by Crippen LogP contribution is -2.06. The van der Waals surface area contributed by atoms with E-state index in [2.05, 4.69) is 12.2 Å². The topological polar surface area (TPSA) is 93.1 Å². The maximum absolute atomic E-state index is 11.1. The Morgan fingerprint density at radius 1 is 0.853 bits per heavy atom. The molecule has 0 fully saturated rings. The van der Waals surface area contributed by atoms with E-state index in [0.717, 1.165) is 66.7 Å². The number of hydrogen-bond acceptors (Lipinski definition) is 4. The van der Waals surface area contributed by atoms with Gasteiger partial charge in [0.05, 0.1) is 13.7 Å². The third-order valence-electron chi connectivity index (χ3n) is 5.60. The summed E-state index contributed by atoms with van der Waals surface area (Å²) in [6, 6.07) is 13.8. The van der Waals surface area contributed by atoms with Crippen LogP contribution >= 0.6 is 0 Å². The van der Waals surface area contributed by atoms with Gasteiger partial charge in [0.1, 0.15) is 11.5 Å². The lowest BCUT2D eigenvalue weighted by atomic mass is 9.97. The number of hydrogen-bond donors (Lipinski definition) is 2. The molecule has 184 valence electrons. The number of carboxylic acid groups (broad SMARTS) is 2. The van der Waals surface area contributed by atoms with Gasteiger partial charge in [-0.2, -0.15) is 0 Å². The quantitative estimate of drug-likeness (QED) is 0.270. The third kappa shape index (κ3) is 10.6. The molecule has 0 heterocycles. The first-order valence-electron chi connectivity index (χ1n) is 12.0. The smallest absolute Gasteiger partial charge is 0.303 e. The van der Waals surface area contributed by atoms with Crippen molar-refractivity contribution in [3.63, 3.8) is 0 Å². The van der Waals surface area contributed by atoms with Crippen molar-refractivity contribution in [3.8, 4) is 11.5 Å². The Morgan fingerprint density at radius 2 is 1.62 bits per heavy atom. The van der Waals surface area contributed by atoms with Crippen LogP contribution in [0.15, 0.2) is 48.5 Å². The number of unbranched alkanes of at least 4 members (excludes halogenated alkanes) is 4. The van der Waals surface area contributed by atoms with Crippen molar-refractivity contribution < 1.29 is 29.3 Å². The molecule has 2 N–H and O–H groups in total. The number of ether oxygens (including phenoxy) is 2. The van der Waals surface area contributed by atoms with Crippen LogP contribution in [0.1, 0.15) is 68.1 Å². The van der Waals surface area contributed by atoms with Crippen molar-refractivity contribution in [2.24, 2.45) is 0 Å². The zero-order chi connectivity index (χ0) is 24.6. The number of rotatable bonds is 17. The third-order valence-corrected chi connectivity index (χ3v) is 5.60. The summed E-state index contributed by atoms with van der Waals surface area (Å²) in [4.78, 5) is 21.8. The second kappa shape index (κ2) is 15.5. The van der Waals surface area contributed by atoms with E-state index in [1.54, 1.807) is 7.11 Å². The van der Waals surface area contributed by atoms with Crippen molar-refractivity contribution in [2.45, 2.75) is 64.2 Å². The molecule has 0 saturated heterocycles. The molecule has 0 aliphatic heterocycles. The van der Waals surface area contributed by atoms with Crippen molar-refractivity contribution in [1.82, 2.24) is 0 Å².